The first kappa shape index (κ1) is 17.3. The number of carbonyl (C=O) groups excluding carboxylic acids is 2. The van der Waals surface area contributed by atoms with Gasteiger partial charge in [0.2, 0.25) is 5.91 Å². The van der Waals surface area contributed by atoms with E-state index in [0.717, 1.165) is 54.9 Å². The molecule has 1 fully saturated rings. The number of rotatable bonds is 2. The van der Waals surface area contributed by atoms with E-state index >= 15 is 0 Å². The molecule has 2 aliphatic rings. The number of nitrogens with zero attached hydrogens (tertiary/aromatic N) is 2. The highest BCUT2D eigenvalue weighted by molar-refractivity contribution is 7.12. The van der Waals surface area contributed by atoms with Crippen molar-refractivity contribution in [2.24, 2.45) is 5.92 Å². The van der Waals surface area contributed by atoms with Crippen LogP contribution in [0, 0.1) is 12.8 Å². The Morgan fingerprint density at radius 3 is 2.81 bits per heavy atom. The zero-order valence-electron chi connectivity index (χ0n) is 15.1. The normalized spacial score (nSPS) is 20.0. The number of hydrogen-bond donors (Lipinski definition) is 0. The maximum absolute atomic E-state index is 13.3. The van der Waals surface area contributed by atoms with Gasteiger partial charge in [0.05, 0.1) is 10.8 Å². The Balaban J connectivity index is 1.53. The first-order valence-electron chi connectivity index (χ1n) is 9.38. The summed E-state index contributed by atoms with van der Waals surface area (Å²) in [6.07, 6.45) is 3.80. The molecule has 0 radical (unpaired) electrons. The number of thiophene rings is 1. The molecular weight excluding hydrogens is 344 g/mol. The molecule has 2 aliphatic heterocycles. The maximum Gasteiger partial charge on any atom is 0.263 e. The van der Waals surface area contributed by atoms with Gasteiger partial charge in [-0.1, -0.05) is 24.3 Å². The smallest absolute Gasteiger partial charge is 0.263 e. The van der Waals surface area contributed by atoms with Crippen LogP contribution in [0.2, 0.25) is 0 Å². The van der Waals surface area contributed by atoms with Gasteiger partial charge in [0.15, 0.2) is 0 Å². The van der Waals surface area contributed by atoms with Crippen LogP contribution >= 0.6 is 11.3 Å². The summed E-state index contributed by atoms with van der Waals surface area (Å²) < 4.78 is 0. The van der Waals surface area contributed by atoms with Crippen LogP contribution in [-0.2, 0) is 11.2 Å². The average Bonchev–Trinajstić information content (AvgIpc) is 3.21. The quantitative estimate of drug-likeness (QED) is 0.807. The van der Waals surface area contributed by atoms with Crippen LogP contribution in [0.15, 0.2) is 35.7 Å². The minimum atomic E-state index is -0.0989. The van der Waals surface area contributed by atoms with Crippen LogP contribution < -0.4 is 4.90 Å². The van der Waals surface area contributed by atoms with Gasteiger partial charge in [0.1, 0.15) is 0 Å². The second-order valence-corrected chi connectivity index (χ2v) is 8.19. The number of para-hydroxylation sites is 1. The number of carbonyl (C=O) groups is 2. The first-order valence-corrected chi connectivity index (χ1v) is 10.3. The van der Waals surface area contributed by atoms with E-state index in [4.69, 9.17) is 0 Å². The SMILES string of the molecule is Cc1cccc2c1N(C(=O)[C@H]1CCCN(C(=O)c3cccs3)C1)CCC2. The fraction of sp³-hybridized carbons (Fsp3) is 0.429. The molecule has 2 amide bonds. The number of piperidine rings is 1. The lowest BCUT2D eigenvalue weighted by atomic mass is 9.92. The minimum absolute atomic E-state index is 0.0627. The third kappa shape index (κ3) is 3.16. The number of amides is 2. The van der Waals surface area contributed by atoms with Gasteiger partial charge < -0.3 is 9.80 Å². The molecular formula is C21H24N2O2S. The number of fused-ring (bicyclic) bond motifs is 1. The minimum Gasteiger partial charge on any atom is -0.337 e. The third-order valence-corrected chi connectivity index (χ3v) is 6.33. The Kier molecular flexibility index (Phi) is 4.81. The van der Waals surface area contributed by atoms with Crippen LogP contribution in [0.25, 0.3) is 0 Å². The predicted molar refractivity (Wildman–Crippen MR) is 105 cm³/mol. The van der Waals surface area contributed by atoms with Gasteiger partial charge >= 0.3 is 0 Å². The number of anilines is 1. The standard InChI is InChI=1S/C21H24N2O2S/c1-15-6-2-7-16-8-4-12-23(19(15)16)20(24)17-9-3-11-22(14-17)21(25)18-10-5-13-26-18/h2,5-7,10,13,17H,3-4,8-9,11-12,14H2,1H3/t17-/m0/s1. The van der Waals surface area contributed by atoms with Gasteiger partial charge in [0.25, 0.3) is 5.91 Å². The largest absolute Gasteiger partial charge is 0.337 e. The summed E-state index contributed by atoms with van der Waals surface area (Å²) in [5, 5.41) is 1.92. The van der Waals surface area contributed by atoms with E-state index in [0.29, 0.717) is 6.54 Å². The molecule has 0 N–H and O–H groups in total. The second kappa shape index (κ2) is 7.23. The summed E-state index contributed by atoms with van der Waals surface area (Å²) in [7, 11) is 0. The van der Waals surface area contributed by atoms with Crippen molar-refractivity contribution in [3.05, 3.63) is 51.7 Å². The lowest BCUT2D eigenvalue weighted by Gasteiger charge is -2.37. The Morgan fingerprint density at radius 2 is 2.00 bits per heavy atom. The van der Waals surface area contributed by atoms with Crippen LogP contribution in [-0.4, -0.2) is 36.3 Å². The summed E-state index contributed by atoms with van der Waals surface area (Å²) in [4.78, 5) is 30.6. The molecule has 1 atom stereocenters. The monoisotopic (exact) mass is 368 g/mol. The molecule has 1 aromatic carbocycles. The van der Waals surface area contributed by atoms with Crippen molar-refractivity contribution in [2.75, 3.05) is 24.5 Å². The van der Waals surface area contributed by atoms with E-state index in [2.05, 4.69) is 25.1 Å². The van der Waals surface area contributed by atoms with Crippen LogP contribution in [0.4, 0.5) is 5.69 Å². The first-order chi connectivity index (χ1) is 12.6. The molecule has 1 saturated heterocycles. The summed E-state index contributed by atoms with van der Waals surface area (Å²) >= 11 is 1.47. The molecule has 136 valence electrons. The summed E-state index contributed by atoms with van der Waals surface area (Å²) in [5.41, 5.74) is 3.54. The molecule has 26 heavy (non-hydrogen) atoms. The molecule has 0 saturated carbocycles. The van der Waals surface area contributed by atoms with E-state index < -0.39 is 0 Å². The highest BCUT2D eigenvalue weighted by Gasteiger charge is 2.34. The summed E-state index contributed by atoms with van der Waals surface area (Å²) in [5.74, 6) is 0.148. The lowest BCUT2D eigenvalue weighted by molar-refractivity contribution is -0.123. The van der Waals surface area contributed by atoms with E-state index in [-0.39, 0.29) is 17.7 Å². The van der Waals surface area contributed by atoms with Crippen molar-refractivity contribution in [3.63, 3.8) is 0 Å². The molecule has 0 spiro atoms. The molecule has 1 aromatic heterocycles. The number of likely N-dealkylation sites (tertiary alicyclic amines) is 1. The molecule has 4 rings (SSSR count). The van der Waals surface area contributed by atoms with Crippen molar-refractivity contribution >= 4 is 28.8 Å². The summed E-state index contributed by atoms with van der Waals surface area (Å²) in [6, 6.07) is 10.1. The fourth-order valence-corrected chi connectivity index (χ4v) is 4.90. The van der Waals surface area contributed by atoms with Crippen molar-refractivity contribution in [2.45, 2.75) is 32.6 Å². The number of hydrogen-bond acceptors (Lipinski definition) is 3. The molecule has 5 heteroatoms. The maximum atomic E-state index is 13.3. The second-order valence-electron chi connectivity index (χ2n) is 7.24. The predicted octanol–water partition coefficient (Wildman–Crippen LogP) is 3.89. The van der Waals surface area contributed by atoms with E-state index in [1.54, 1.807) is 0 Å². The van der Waals surface area contributed by atoms with Crippen molar-refractivity contribution < 1.29 is 9.59 Å². The van der Waals surface area contributed by atoms with Crippen molar-refractivity contribution in [1.82, 2.24) is 4.90 Å². The van der Waals surface area contributed by atoms with Gasteiger partial charge in [-0.05, 0) is 55.2 Å². The molecule has 4 nitrogen and oxygen atoms in total. The Hall–Kier alpha value is -2.14. The van der Waals surface area contributed by atoms with Crippen LogP contribution in [0.1, 0.15) is 40.1 Å². The van der Waals surface area contributed by atoms with E-state index in [9.17, 15) is 9.59 Å². The fourth-order valence-electron chi connectivity index (χ4n) is 4.21. The third-order valence-electron chi connectivity index (χ3n) is 5.47. The van der Waals surface area contributed by atoms with Gasteiger partial charge in [0, 0.05) is 25.3 Å². The molecule has 0 bridgehead atoms. The van der Waals surface area contributed by atoms with Crippen LogP contribution in [0.3, 0.4) is 0 Å². The number of benzene rings is 1. The Labute approximate surface area is 158 Å². The van der Waals surface area contributed by atoms with Crippen LogP contribution in [0.5, 0.6) is 0 Å². The highest BCUT2D eigenvalue weighted by atomic mass is 32.1. The highest BCUT2D eigenvalue weighted by Crippen LogP contribution is 2.33. The average molecular weight is 369 g/mol. The van der Waals surface area contributed by atoms with Gasteiger partial charge in [-0.2, -0.15) is 0 Å². The van der Waals surface area contributed by atoms with E-state index in [1.165, 1.54) is 16.9 Å². The topological polar surface area (TPSA) is 40.6 Å². The molecule has 0 aliphatic carbocycles. The number of aryl methyl sites for hydroxylation is 2. The molecule has 0 unspecified atom stereocenters. The van der Waals surface area contributed by atoms with Gasteiger partial charge in [-0.15, -0.1) is 11.3 Å². The molecule has 2 aromatic rings. The lowest BCUT2D eigenvalue weighted by Crippen LogP contribution is -2.48. The Morgan fingerprint density at radius 1 is 1.12 bits per heavy atom. The summed E-state index contributed by atoms with van der Waals surface area (Å²) in [6.45, 7) is 4.15. The molecule has 3 heterocycles. The van der Waals surface area contributed by atoms with Crippen molar-refractivity contribution in [1.29, 1.82) is 0 Å². The van der Waals surface area contributed by atoms with E-state index in [1.807, 2.05) is 27.3 Å². The zero-order chi connectivity index (χ0) is 18.1. The van der Waals surface area contributed by atoms with Crippen molar-refractivity contribution in [3.8, 4) is 0 Å². The Bertz CT molecular complexity index is 815. The zero-order valence-corrected chi connectivity index (χ0v) is 15.9. The van der Waals surface area contributed by atoms with Gasteiger partial charge in [-0.25, -0.2) is 0 Å². The van der Waals surface area contributed by atoms with Gasteiger partial charge in [-0.3, -0.25) is 9.59 Å².